The molecule has 1 saturated heterocycles. The number of ether oxygens (including phenoxy) is 1. The Balaban J connectivity index is 1.48. The highest BCUT2D eigenvalue weighted by Gasteiger charge is 2.27. The number of carbonyl (C=O) groups is 1. The minimum atomic E-state index is -0.701. The molecule has 1 fully saturated rings. The molecule has 3 aromatic rings. The lowest BCUT2D eigenvalue weighted by Crippen LogP contribution is -2.51. The zero-order valence-corrected chi connectivity index (χ0v) is 18.8. The first-order valence-corrected chi connectivity index (χ1v) is 10.9. The number of nitrogens with zero attached hydrogens (tertiary/aromatic N) is 4. The Hall–Kier alpha value is -3.32. The molecule has 1 atom stereocenters. The average molecular weight is 453 g/mol. The number of rotatable bonds is 5. The molecule has 1 aliphatic heterocycles. The van der Waals surface area contributed by atoms with Crippen LogP contribution in [0.15, 0.2) is 65.5 Å². The minimum absolute atomic E-state index is 0.120. The predicted octanol–water partition coefficient (Wildman–Crippen LogP) is 3.48. The third-order valence-corrected chi connectivity index (χ3v) is 6.04. The van der Waals surface area contributed by atoms with Crippen molar-refractivity contribution in [3.05, 3.63) is 76.0 Å². The smallest absolute Gasteiger partial charge is 0.267 e. The van der Waals surface area contributed by atoms with Gasteiger partial charge in [0.2, 0.25) is 5.91 Å². The third-order valence-electron chi connectivity index (χ3n) is 5.72. The Morgan fingerprint density at radius 2 is 1.69 bits per heavy atom. The molecule has 2 heterocycles. The van der Waals surface area contributed by atoms with Gasteiger partial charge in [0.1, 0.15) is 11.8 Å². The van der Waals surface area contributed by atoms with Crippen molar-refractivity contribution in [1.82, 2.24) is 14.7 Å². The van der Waals surface area contributed by atoms with Gasteiger partial charge >= 0.3 is 0 Å². The van der Waals surface area contributed by atoms with Crippen molar-refractivity contribution >= 4 is 23.2 Å². The maximum atomic E-state index is 13.2. The van der Waals surface area contributed by atoms with Crippen molar-refractivity contribution in [2.75, 3.05) is 38.2 Å². The van der Waals surface area contributed by atoms with Gasteiger partial charge in [-0.15, -0.1) is 0 Å². The van der Waals surface area contributed by atoms with Crippen LogP contribution in [0.25, 0.3) is 11.3 Å². The van der Waals surface area contributed by atoms with E-state index in [0.29, 0.717) is 36.9 Å². The number of methoxy groups -OCH3 is 1. The van der Waals surface area contributed by atoms with Gasteiger partial charge < -0.3 is 14.5 Å². The van der Waals surface area contributed by atoms with E-state index in [0.717, 1.165) is 17.0 Å². The summed E-state index contributed by atoms with van der Waals surface area (Å²) in [6, 6.07) is 17.5. The number of benzene rings is 2. The first-order valence-electron chi connectivity index (χ1n) is 10.5. The van der Waals surface area contributed by atoms with Gasteiger partial charge in [0, 0.05) is 37.8 Å². The number of anilines is 1. The Morgan fingerprint density at radius 3 is 2.34 bits per heavy atom. The summed E-state index contributed by atoms with van der Waals surface area (Å²) in [5.41, 5.74) is 2.13. The lowest BCUT2D eigenvalue weighted by molar-refractivity contribution is -0.135. The summed E-state index contributed by atoms with van der Waals surface area (Å²) >= 11 is 6.31. The molecule has 7 nitrogen and oxygen atoms in total. The Morgan fingerprint density at radius 1 is 1.00 bits per heavy atom. The normalized spacial score (nSPS) is 14.8. The van der Waals surface area contributed by atoms with Crippen LogP contribution in [0.3, 0.4) is 0 Å². The van der Waals surface area contributed by atoms with Crippen LogP contribution in [0.1, 0.15) is 13.0 Å². The third kappa shape index (κ3) is 4.48. The summed E-state index contributed by atoms with van der Waals surface area (Å²) in [5.74, 6) is 0.617. The topological polar surface area (TPSA) is 67.7 Å². The SMILES string of the molecule is COc1ccc(-c2ccc(=O)n(C(C)C(=O)N3CCN(c4ccccc4Cl)CC3)n2)cc1. The van der Waals surface area contributed by atoms with E-state index in [1.165, 1.54) is 10.7 Å². The maximum absolute atomic E-state index is 13.2. The van der Waals surface area contributed by atoms with Crippen molar-refractivity contribution in [2.24, 2.45) is 0 Å². The van der Waals surface area contributed by atoms with E-state index in [1.807, 2.05) is 48.5 Å². The zero-order chi connectivity index (χ0) is 22.7. The van der Waals surface area contributed by atoms with Crippen LogP contribution in [0.4, 0.5) is 5.69 Å². The van der Waals surface area contributed by atoms with E-state index >= 15 is 0 Å². The fourth-order valence-electron chi connectivity index (χ4n) is 3.86. The van der Waals surface area contributed by atoms with Crippen molar-refractivity contribution in [3.8, 4) is 17.0 Å². The molecule has 1 amide bonds. The summed E-state index contributed by atoms with van der Waals surface area (Å²) in [6.45, 7) is 4.18. The molecule has 0 spiro atoms. The van der Waals surface area contributed by atoms with Gasteiger partial charge in [-0.1, -0.05) is 23.7 Å². The number of halogens is 1. The standard InChI is InChI=1S/C24H25ClN4O3/c1-17(24(31)28-15-13-27(14-16-28)22-6-4-3-5-20(22)25)29-23(30)12-11-21(26-29)18-7-9-19(32-2)10-8-18/h3-12,17H,13-16H2,1-2H3. The number of amides is 1. The summed E-state index contributed by atoms with van der Waals surface area (Å²) in [6.07, 6.45) is 0. The summed E-state index contributed by atoms with van der Waals surface area (Å²) in [4.78, 5) is 29.6. The van der Waals surface area contributed by atoms with Crippen LogP contribution in [0.5, 0.6) is 5.75 Å². The van der Waals surface area contributed by atoms with Gasteiger partial charge in [-0.2, -0.15) is 5.10 Å². The first-order chi connectivity index (χ1) is 15.5. The molecule has 166 valence electrons. The van der Waals surface area contributed by atoms with Gasteiger partial charge in [-0.05, 0) is 49.4 Å². The van der Waals surface area contributed by atoms with Gasteiger partial charge in [-0.25, -0.2) is 4.68 Å². The summed E-state index contributed by atoms with van der Waals surface area (Å²) in [5, 5.41) is 5.18. The Kier molecular flexibility index (Phi) is 6.46. The van der Waals surface area contributed by atoms with Crippen LogP contribution in [0.2, 0.25) is 5.02 Å². The molecule has 0 saturated carbocycles. The fourth-order valence-corrected chi connectivity index (χ4v) is 4.12. The predicted molar refractivity (Wildman–Crippen MR) is 125 cm³/mol. The van der Waals surface area contributed by atoms with Crippen molar-refractivity contribution < 1.29 is 9.53 Å². The zero-order valence-electron chi connectivity index (χ0n) is 18.1. The lowest BCUT2D eigenvalue weighted by Gasteiger charge is -2.37. The highest BCUT2D eigenvalue weighted by molar-refractivity contribution is 6.33. The van der Waals surface area contributed by atoms with Crippen molar-refractivity contribution in [2.45, 2.75) is 13.0 Å². The van der Waals surface area contributed by atoms with E-state index in [9.17, 15) is 9.59 Å². The molecule has 0 radical (unpaired) electrons. The molecule has 1 aliphatic rings. The second-order valence-corrected chi connectivity index (χ2v) is 8.08. The van der Waals surface area contributed by atoms with Crippen LogP contribution in [-0.4, -0.2) is 53.9 Å². The van der Waals surface area contributed by atoms with Gasteiger partial charge in [-0.3, -0.25) is 9.59 Å². The molecule has 8 heteroatoms. The first kappa shape index (κ1) is 21.9. The number of hydrogen-bond acceptors (Lipinski definition) is 5. The van der Waals surface area contributed by atoms with E-state index in [1.54, 1.807) is 25.0 Å². The molecule has 1 unspecified atom stereocenters. The molecule has 1 aromatic heterocycles. The van der Waals surface area contributed by atoms with E-state index < -0.39 is 6.04 Å². The minimum Gasteiger partial charge on any atom is -0.497 e. The maximum Gasteiger partial charge on any atom is 0.267 e. The number of hydrogen-bond donors (Lipinski definition) is 0. The average Bonchev–Trinajstić information content (AvgIpc) is 2.84. The summed E-state index contributed by atoms with van der Waals surface area (Å²) in [7, 11) is 1.61. The molecular formula is C24H25ClN4O3. The largest absolute Gasteiger partial charge is 0.497 e. The van der Waals surface area contributed by atoms with E-state index in [2.05, 4.69) is 10.00 Å². The van der Waals surface area contributed by atoms with E-state index in [-0.39, 0.29) is 11.5 Å². The lowest BCUT2D eigenvalue weighted by atomic mass is 10.1. The number of carbonyl (C=O) groups excluding carboxylic acids is 1. The Bertz CT molecular complexity index is 1150. The molecule has 0 aliphatic carbocycles. The molecule has 0 N–H and O–H groups in total. The Labute approximate surface area is 191 Å². The van der Waals surface area contributed by atoms with Crippen molar-refractivity contribution in [3.63, 3.8) is 0 Å². The highest BCUT2D eigenvalue weighted by atomic mass is 35.5. The monoisotopic (exact) mass is 452 g/mol. The second-order valence-electron chi connectivity index (χ2n) is 7.67. The highest BCUT2D eigenvalue weighted by Crippen LogP contribution is 2.26. The van der Waals surface area contributed by atoms with Gasteiger partial charge in [0.15, 0.2) is 0 Å². The molecule has 32 heavy (non-hydrogen) atoms. The molecular weight excluding hydrogens is 428 g/mol. The van der Waals surface area contributed by atoms with Crippen LogP contribution >= 0.6 is 11.6 Å². The molecule has 0 bridgehead atoms. The number of piperazine rings is 1. The summed E-state index contributed by atoms with van der Waals surface area (Å²) < 4.78 is 6.46. The number of para-hydroxylation sites is 1. The second kappa shape index (κ2) is 9.44. The molecule has 4 rings (SSSR count). The van der Waals surface area contributed by atoms with Gasteiger partial charge in [0.05, 0.1) is 23.5 Å². The fraction of sp³-hybridized carbons (Fsp3) is 0.292. The van der Waals surface area contributed by atoms with Gasteiger partial charge in [0.25, 0.3) is 5.56 Å². The molecule has 2 aromatic carbocycles. The van der Waals surface area contributed by atoms with Crippen LogP contribution in [0, 0.1) is 0 Å². The van der Waals surface area contributed by atoms with Crippen LogP contribution in [-0.2, 0) is 4.79 Å². The van der Waals surface area contributed by atoms with Crippen LogP contribution < -0.4 is 15.2 Å². The quantitative estimate of drug-likeness (QED) is 0.593. The number of aromatic nitrogens is 2. The van der Waals surface area contributed by atoms with E-state index in [4.69, 9.17) is 16.3 Å². The van der Waals surface area contributed by atoms with Crippen molar-refractivity contribution in [1.29, 1.82) is 0 Å².